The molecule has 0 radical (unpaired) electrons. The molecule has 0 saturated heterocycles. The van der Waals surface area contributed by atoms with Crippen molar-refractivity contribution in [1.29, 1.82) is 0 Å². The summed E-state index contributed by atoms with van der Waals surface area (Å²) in [6, 6.07) is 9.23. The number of nitrogens with zero attached hydrogens (tertiary/aromatic N) is 3. The van der Waals surface area contributed by atoms with Gasteiger partial charge in [0.15, 0.2) is 5.65 Å². The third-order valence-corrected chi connectivity index (χ3v) is 3.07. The Morgan fingerprint density at radius 3 is 2.89 bits per heavy atom. The number of aromatic nitrogens is 3. The number of anilines is 1. The van der Waals surface area contributed by atoms with E-state index < -0.39 is 0 Å². The predicted molar refractivity (Wildman–Crippen MR) is 74.4 cm³/mol. The first-order valence-corrected chi connectivity index (χ1v) is 6.01. The zero-order valence-corrected chi connectivity index (χ0v) is 10.9. The Kier molecular flexibility index (Phi) is 2.76. The van der Waals surface area contributed by atoms with Crippen molar-refractivity contribution < 1.29 is 4.74 Å². The molecular weight excluding hydrogens is 264 g/mol. The van der Waals surface area contributed by atoms with Crippen LogP contribution >= 0.6 is 11.6 Å². The summed E-state index contributed by atoms with van der Waals surface area (Å²) in [6.45, 7) is 0. The van der Waals surface area contributed by atoms with Crippen molar-refractivity contribution in [2.75, 3.05) is 12.8 Å². The van der Waals surface area contributed by atoms with Gasteiger partial charge < -0.3 is 10.5 Å². The van der Waals surface area contributed by atoms with Gasteiger partial charge in [0.25, 0.3) is 0 Å². The Bertz CT molecular complexity index is 753. The van der Waals surface area contributed by atoms with Crippen molar-refractivity contribution in [1.82, 2.24) is 14.6 Å². The first-order valence-electron chi connectivity index (χ1n) is 5.64. The SMILES string of the molecule is COc1ccc(Cl)cc1-c1cccn2nc(N)nc12. The zero-order chi connectivity index (χ0) is 13.4. The summed E-state index contributed by atoms with van der Waals surface area (Å²) < 4.78 is 6.99. The van der Waals surface area contributed by atoms with E-state index in [1.165, 1.54) is 0 Å². The Labute approximate surface area is 114 Å². The highest BCUT2D eigenvalue weighted by molar-refractivity contribution is 6.31. The van der Waals surface area contributed by atoms with E-state index in [0.29, 0.717) is 10.7 Å². The van der Waals surface area contributed by atoms with Gasteiger partial charge in [-0.2, -0.15) is 4.98 Å². The molecule has 0 aliphatic carbocycles. The minimum Gasteiger partial charge on any atom is -0.496 e. The fraction of sp³-hybridized carbons (Fsp3) is 0.0769. The van der Waals surface area contributed by atoms with Crippen molar-refractivity contribution in [3.8, 4) is 16.9 Å². The Morgan fingerprint density at radius 1 is 1.26 bits per heavy atom. The second-order valence-electron chi connectivity index (χ2n) is 4.00. The van der Waals surface area contributed by atoms with E-state index in [0.717, 1.165) is 16.9 Å². The van der Waals surface area contributed by atoms with Crippen LogP contribution in [-0.2, 0) is 0 Å². The number of fused-ring (bicyclic) bond motifs is 1. The van der Waals surface area contributed by atoms with Crippen molar-refractivity contribution in [3.05, 3.63) is 41.6 Å². The number of hydrogen-bond acceptors (Lipinski definition) is 4. The zero-order valence-electron chi connectivity index (χ0n) is 10.2. The maximum Gasteiger partial charge on any atom is 0.240 e. The summed E-state index contributed by atoms with van der Waals surface area (Å²) in [4.78, 5) is 4.23. The van der Waals surface area contributed by atoms with Crippen LogP contribution < -0.4 is 10.5 Å². The number of halogens is 1. The molecule has 0 saturated carbocycles. The molecule has 1 aromatic carbocycles. The van der Waals surface area contributed by atoms with Crippen LogP contribution in [0.3, 0.4) is 0 Å². The molecule has 0 spiro atoms. The Balaban J connectivity index is 2.32. The number of methoxy groups -OCH3 is 1. The van der Waals surface area contributed by atoms with E-state index >= 15 is 0 Å². The fourth-order valence-electron chi connectivity index (χ4n) is 2.02. The monoisotopic (exact) mass is 274 g/mol. The van der Waals surface area contributed by atoms with Gasteiger partial charge in [0.05, 0.1) is 7.11 Å². The highest BCUT2D eigenvalue weighted by Crippen LogP contribution is 2.34. The summed E-state index contributed by atoms with van der Waals surface area (Å²) in [5, 5.41) is 4.72. The highest BCUT2D eigenvalue weighted by atomic mass is 35.5. The van der Waals surface area contributed by atoms with Gasteiger partial charge in [-0.3, -0.25) is 0 Å². The van der Waals surface area contributed by atoms with Crippen LogP contribution in [0.5, 0.6) is 5.75 Å². The standard InChI is InChI=1S/C13H11ClN4O/c1-19-11-5-4-8(14)7-10(11)9-3-2-6-18-12(9)16-13(15)17-18/h2-7H,1H3,(H2,15,17). The fourth-order valence-corrected chi connectivity index (χ4v) is 2.20. The van der Waals surface area contributed by atoms with E-state index in [1.807, 2.05) is 24.3 Å². The third-order valence-electron chi connectivity index (χ3n) is 2.83. The van der Waals surface area contributed by atoms with Crippen LogP contribution in [-0.4, -0.2) is 21.7 Å². The lowest BCUT2D eigenvalue weighted by atomic mass is 10.1. The molecule has 2 N–H and O–H groups in total. The van der Waals surface area contributed by atoms with Gasteiger partial charge >= 0.3 is 0 Å². The minimum absolute atomic E-state index is 0.230. The molecule has 3 aromatic rings. The third kappa shape index (κ3) is 1.98. The number of benzene rings is 1. The van der Waals surface area contributed by atoms with Gasteiger partial charge in [-0.25, -0.2) is 4.52 Å². The lowest BCUT2D eigenvalue weighted by Crippen LogP contribution is -1.92. The van der Waals surface area contributed by atoms with Crippen molar-refractivity contribution in [2.24, 2.45) is 0 Å². The maximum atomic E-state index is 6.06. The molecule has 0 aliphatic rings. The minimum atomic E-state index is 0.230. The number of pyridine rings is 1. The Morgan fingerprint density at radius 2 is 2.11 bits per heavy atom. The first kappa shape index (κ1) is 11.8. The molecule has 0 aliphatic heterocycles. The molecule has 6 heteroatoms. The van der Waals surface area contributed by atoms with E-state index in [1.54, 1.807) is 23.9 Å². The van der Waals surface area contributed by atoms with Gasteiger partial charge in [0, 0.05) is 22.3 Å². The maximum absolute atomic E-state index is 6.06. The molecule has 96 valence electrons. The summed E-state index contributed by atoms with van der Waals surface area (Å²) in [5.41, 5.74) is 8.03. The molecule has 0 fully saturated rings. The lowest BCUT2D eigenvalue weighted by Gasteiger charge is -2.09. The summed E-state index contributed by atoms with van der Waals surface area (Å²) in [7, 11) is 1.62. The van der Waals surface area contributed by atoms with E-state index in [-0.39, 0.29) is 5.95 Å². The van der Waals surface area contributed by atoms with Gasteiger partial charge in [-0.15, -0.1) is 5.10 Å². The number of rotatable bonds is 2. The van der Waals surface area contributed by atoms with Gasteiger partial charge in [0.1, 0.15) is 5.75 Å². The van der Waals surface area contributed by atoms with Crippen molar-refractivity contribution in [2.45, 2.75) is 0 Å². The molecule has 0 bridgehead atoms. The lowest BCUT2D eigenvalue weighted by molar-refractivity contribution is 0.416. The number of hydrogen-bond donors (Lipinski definition) is 1. The molecule has 2 aromatic heterocycles. The molecule has 0 atom stereocenters. The van der Waals surface area contributed by atoms with Gasteiger partial charge in [0.2, 0.25) is 5.95 Å². The summed E-state index contributed by atoms with van der Waals surface area (Å²) in [5.74, 6) is 0.951. The smallest absolute Gasteiger partial charge is 0.240 e. The molecule has 5 nitrogen and oxygen atoms in total. The molecule has 19 heavy (non-hydrogen) atoms. The highest BCUT2D eigenvalue weighted by Gasteiger charge is 2.12. The van der Waals surface area contributed by atoms with Crippen LogP contribution in [0.15, 0.2) is 36.5 Å². The Hall–Kier alpha value is -2.27. The number of ether oxygens (including phenoxy) is 1. The largest absolute Gasteiger partial charge is 0.496 e. The van der Waals surface area contributed by atoms with Crippen LogP contribution in [0.1, 0.15) is 0 Å². The molecule has 0 amide bonds. The molecule has 2 heterocycles. The van der Waals surface area contributed by atoms with Crippen LogP contribution in [0.4, 0.5) is 5.95 Å². The van der Waals surface area contributed by atoms with Crippen molar-refractivity contribution in [3.63, 3.8) is 0 Å². The average Bonchev–Trinajstić information content (AvgIpc) is 2.78. The number of nitrogen functional groups attached to an aromatic ring is 1. The van der Waals surface area contributed by atoms with Crippen molar-refractivity contribution >= 4 is 23.2 Å². The first-order chi connectivity index (χ1) is 9.19. The average molecular weight is 275 g/mol. The molecule has 3 rings (SSSR count). The van der Waals surface area contributed by atoms with Crippen LogP contribution in [0, 0.1) is 0 Å². The molecule has 0 unspecified atom stereocenters. The second kappa shape index (κ2) is 4.44. The van der Waals surface area contributed by atoms with Gasteiger partial charge in [-0.05, 0) is 30.3 Å². The predicted octanol–water partition coefficient (Wildman–Crippen LogP) is 2.64. The van der Waals surface area contributed by atoms with Crippen LogP contribution in [0.2, 0.25) is 5.02 Å². The summed E-state index contributed by atoms with van der Waals surface area (Å²) >= 11 is 6.06. The van der Waals surface area contributed by atoms with E-state index in [2.05, 4.69) is 10.1 Å². The van der Waals surface area contributed by atoms with Crippen LogP contribution in [0.25, 0.3) is 16.8 Å². The van der Waals surface area contributed by atoms with E-state index in [4.69, 9.17) is 22.1 Å². The molecular formula is C13H11ClN4O. The van der Waals surface area contributed by atoms with E-state index in [9.17, 15) is 0 Å². The van der Waals surface area contributed by atoms with Gasteiger partial charge in [-0.1, -0.05) is 11.6 Å². The quantitative estimate of drug-likeness (QED) is 0.780. The second-order valence-corrected chi connectivity index (χ2v) is 4.44. The normalized spacial score (nSPS) is 10.8. The summed E-state index contributed by atoms with van der Waals surface area (Å²) in [6.07, 6.45) is 1.79. The topological polar surface area (TPSA) is 65.4 Å². The number of nitrogens with two attached hydrogens (primary N) is 1.